The normalized spacial score (nSPS) is 12.3. The molecule has 0 aliphatic carbocycles. The Balaban J connectivity index is 1.83. The van der Waals surface area contributed by atoms with E-state index >= 15 is 0 Å². The number of imidazole rings is 1. The highest BCUT2D eigenvalue weighted by Gasteiger charge is 2.20. The number of aromatic nitrogens is 4. The van der Waals surface area contributed by atoms with Crippen molar-refractivity contribution < 1.29 is 14.6 Å². The van der Waals surface area contributed by atoms with Crippen LogP contribution in [0.15, 0.2) is 33.9 Å². The molecule has 0 radical (unpaired) electrons. The minimum Gasteiger partial charge on any atom is -0.497 e. The van der Waals surface area contributed by atoms with Gasteiger partial charge in [0.2, 0.25) is 5.95 Å². The van der Waals surface area contributed by atoms with Gasteiger partial charge in [0, 0.05) is 20.1 Å². The Morgan fingerprint density at radius 1 is 1.23 bits per heavy atom. The number of H-pyrrole nitrogens is 1. The Kier molecular flexibility index (Phi) is 6.98. The topological polar surface area (TPSA) is 127 Å². The van der Waals surface area contributed by atoms with Crippen molar-refractivity contribution in [2.75, 3.05) is 46.2 Å². The fraction of sp³-hybridized carbons (Fsp3) is 0.450. The third-order valence-electron chi connectivity index (χ3n) is 4.74. The van der Waals surface area contributed by atoms with E-state index in [1.54, 1.807) is 35.9 Å². The molecule has 0 amide bonds. The molecule has 2 heterocycles. The van der Waals surface area contributed by atoms with Crippen molar-refractivity contribution in [3.63, 3.8) is 0 Å². The highest BCUT2D eigenvalue weighted by molar-refractivity contribution is 5.74. The van der Waals surface area contributed by atoms with E-state index < -0.39 is 17.4 Å². The number of anilines is 1. The summed E-state index contributed by atoms with van der Waals surface area (Å²) in [6, 6.07) is 7.01. The van der Waals surface area contributed by atoms with Crippen LogP contribution in [-0.2, 0) is 13.6 Å². The maximum absolute atomic E-state index is 12.5. The summed E-state index contributed by atoms with van der Waals surface area (Å²) in [6.07, 6.45) is -0.925. The van der Waals surface area contributed by atoms with E-state index in [1.807, 2.05) is 19.0 Å². The summed E-state index contributed by atoms with van der Waals surface area (Å²) in [4.78, 5) is 33.2. The summed E-state index contributed by atoms with van der Waals surface area (Å²) in [5.41, 5.74) is -0.665. The molecular formula is C20H28N6O5. The lowest BCUT2D eigenvalue weighted by Gasteiger charge is -2.16. The van der Waals surface area contributed by atoms with Crippen molar-refractivity contribution in [2.45, 2.75) is 12.6 Å². The molecule has 11 nitrogen and oxygen atoms in total. The highest BCUT2D eigenvalue weighted by Crippen LogP contribution is 2.19. The zero-order valence-electron chi connectivity index (χ0n) is 18.1. The second-order valence-corrected chi connectivity index (χ2v) is 7.41. The largest absolute Gasteiger partial charge is 0.497 e. The van der Waals surface area contributed by atoms with E-state index in [0.29, 0.717) is 24.0 Å². The number of hydrogen-bond donors (Lipinski definition) is 3. The van der Waals surface area contributed by atoms with E-state index in [4.69, 9.17) is 9.47 Å². The monoisotopic (exact) mass is 432 g/mol. The molecule has 0 fully saturated rings. The Labute approximate surface area is 178 Å². The minimum atomic E-state index is -0.925. The molecule has 1 atom stereocenters. The molecule has 1 aromatic carbocycles. The van der Waals surface area contributed by atoms with E-state index in [-0.39, 0.29) is 24.3 Å². The molecule has 0 saturated carbocycles. The second-order valence-electron chi connectivity index (χ2n) is 7.41. The van der Waals surface area contributed by atoms with E-state index in [9.17, 15) is 14.7 Å². The minimum absolute atomic E-state index is 0.00675. The predicted octanol–water partition coefficient (Wildman–Crippen LogP) is -0.155. The summed E-state index contributed by atoms with van der Waals surface area (Å²) < 4.78 is 13.6. The summed E-state index contributed by atoms with van der Waals surface area (Å²) in [5, 5.41) is 13.8. The quantitative estimate of drug-likeness (QED) is 0.404. The molecule has 11 heteroatoms. The number of ether oxygens (including phenoxy) is 2. The van der Waals surface area contributed by atoms with Gasteiger partial charge in [0.05, 0.1) is 13.7 Å². The fourth-order valence-corrected chi connectivity index (χ4v) is 3.07. The van der Waals surface area contributed by atoms with Gasteiger partial charge in [-0.25, -0.2) is 4.79 Å². The predicted molar refractivity (Wildman–Crippen MR) is 117 cm³/mol. The molecule has 0 aliphatic heterocycles. The Bertz CT molecular complexity index is 1130. The number of fused-ring (bicyclic) bond motifs is 1. The number of rotatable bonds is 10. The average molecular weight is 432 g/mol. The van der Waals surface area contributed by atoms with E-state index in [1.165, 1.54) is 11.6 Å². The lowest BCUT2D eigenvalue weighted by Crippen LogP contribution is -2.31. The second kappa shape index (κ2) is 9.67. The van der Waals surface area contributed by atoms with Gasteiger partial charge in [-0.15, -0.1) is 0 Å². The number of methoxy groups -OCH3 is 1. The fourth-order valence-electron chi connectivity index (χ4n) is 3.07. The highest BCUT2D eigenvalue weighted by atomic mass is 16.5. The maximum atomic E-state index is 12.5. The zero-order valence-corrected chi connectivity index (χ0v) is 18.1. The Morgan fingerprint density at radius 3 is 2.55 bits per heavy atom. The number of nitrogens with one attached hydrogen (secondary N) is 2. The number of aromatic amines is 1. The molecule has 0 saturated heterocycles. The third kappa shape index (κ3) is 5.25. The van der Waals surface area contributed by atoms with Crippen LogP contribution in [0.25, 0.3) is 11.2 Å². The Hall–Kier alpha value is -3.31. The van der Waals surface area contributed by atoms with Crippen LogP contribution in [0.5, 0.6) is 11.5 Å². The summed E-state index contributed by atoms with van der Waals surface area (Å²) in [5.74, 6) is 1.68. The van der Waals surface area contributed by atoms with Crippen LogP contribution in [0, 0.1) is 0 Å². The van der Waals surface area contributed by atoms with Crippen LogP contribution in [-0.4, -0.2) is 76.1 Å². The SMILES string of the molecule is COc1ccc(OC[C@H](O)Cn2c(NCCN(C)C)nc3c2c(=O)[nH]c(=O)n3C)cc1. The number of aryl methyl sites for hydroxylation is 1. The molecule has 168 valence electrons. The van der Waals surface area contributed by atoms with Gasteiger partial charge in [-0.1, -0.05) is 0 Å². The number of aliphatic hydroxyl groups excluding tert-OH is 1. The summed E-state index contributed by atoms with van der Waals surface area (Å²) >= 11 is 0. The lowest BCUT2D eigenvalue weighted by atomic mass is 10.3. The molecule has 31 heavy (non-hydrogen) atoms. The molecule has 3 rings (SSSR count). The van der Waals surface area contributed by atoms with Crippen molar-refractivity contribution in [1.82, 2.24) is 24.0 Å². The number of likely N-dealkylation sites (N-methyl/N-ethyl adjacent to an activating group) is 1. The Morgan fingerprint density at radius 2 is 1.90 bits per heavy atom. The van der Waals surface area contributed by atoms with Gasteiger partial charge in [0.15, 0.2) is 11.2 Å². The number of nitrogens with zero attached hydrogens (tertiary/aromatic N) is 4. The first-order valence-electron chi connectivity index (χ1n) is 9.83. The van der Waals surface area contributed by atoms with Crippen LogP contribution in [0.2, 0.25) is 0 Å². The van der Waals surface area contributed by atoms with Gasteiger partial charge in [-0.3, -0.25) is 14.3 Å². The maximum Gasteiger partial charge on any atom is 0.329 e. The summed E-state index contributed by atoms with van der Waals surface area (Å²) in [6.45, 7) is 1.37. The van der Waals surface area contributed by atoms with Gasteiger partial charge < -0.3 is 29.4 Å². The molecule has 0 bridgehead atoms. The molecule has 0 unspecified atom stereocenters. The van der Waals surface area contributed by atoms with E-state index in [2.05, 4.69) is 15.3 Å². The standard InChI is InChI=1S/C20H28N6O5/c1-24(2)10-9-21-19-22-17-16(18(28)23-20(29)25(17)3)26(19)11-13(27)12-31-15-7-5-14(30-4)6-8-15/h5-8,13,27H,9-12H2,1-4H3,(H,21,22)(H,23,28,29)/t13-/m1/s1. The molecule has 0 aliphatic rings. The number of aliphatic hydroxyl groups is 1. The van der Waals surface area contributed by atoms with Crippen molar-refractivity contribution in [3.05, 3.63) is 45.1 Å². The summed E-state index contributed by atoms with van der Waals surface area (Å²) in [7, 11) is 7.00. The third-order valence-corrected chi connectivity index (χ3v) is 4.74. The van der Waals surface area contributed by atoms with E-state index in [0.717, 1.165) is 6.54 Å². The number of hydrogen-bond acceptors (Lipinski definition) is 8. The zero-order chi connectivity index (χ0) is 22.5. The van der Waals surface area contributed by atoms with Gasteiger partial charge in [0.1, 0.15) is 24.2 Å². The molecular weight excluding hydrogens is 404 g/mol. The van der Waals surface area contributed by atoms with Crippen LogP contribution < -0.4 is 26.0 Å². The first-order valence-corrected chi connectivity index (χ1v) is 9.83. The van der Waals surface area contributed by atoms with Crippen molar-refractivity contribution in [1.29, 1.82) is 0 Å². The van der Waals surface area contributed by atoms with Gasteiger partial charge in [0.25, 0.3) is 5.56 Å². The smallest absolute Gasteiger partial charge is 0.329 e. The average Bonchev–Trinajstić information content (AvgIpc) is 3.09. The van der Waals surface area contributed by atoms with Crippen LogP contribution >= 0.6 is 0 Å². The van der Waals surface area contributed by atoms with Gasteiger partial charge in [-0.05, 0) is 38.4 Å². The first kappa shape index (κ1) is 22.4. The van der Waals surface area contributed by atoms with Crippen molar-refractivity contribution >= 4 is 17.1 Å². The molecule has 2 aromatic heterocycles. The molecule has 0 spiro atoms. The lowest BCUT2D eigenvalue weighted by molar-refractivity contribution is 0.0938. The van der Waals surface area contributed by atoms with Crippen LogP contribution in [0.1, 0.15) is 0 Å². The van der Waals surface area contributed by atoms with Crippen molar-refractivity contribution in [2.24, 2.45) is 7.05 Å². The molecule has 3 N–H and O–H groups in total. The van der Waals surface area contributed by atoms with Crippen molar-refractivity contribution in [3.8, 4) is 11.5 Å². The molecule has 3 aromatic rings. The van der Waals surface area contributed by atoms with Gasteiger partial charge >= 0.3 is 5.69 Å². The van der Waals surface area contributed by atoms with Crippen LogP contribution in [0.4, 0.5) is 5.95 Å². The van der Waals surface area contributed by atoms with Crippen LogP contribution in [0.3, 0.4) is 0 Å². The number of benzene rings is 1. The first-order chi connectivity index (χ1) is 14.8. The van der Waals surface area contributed by atoms with Gasteiger partial charge in [-0.2, -0.15) is 4.98 Å².